The molecule has 0 bridgehead atoms. The number of carbonyl (C=O) groups excluding carboxylic acids is 1. The minimum Gasteiger partial charge on any atom is -0.306 e. The highest BCUT2D eigenvalue weighted by atomic mass is 32.2. The summed E-state index contributed by atoms with van der Waals surface area (Å²) in [5.74, 6) is 0.289. The largest absolute Gasteiger partial charge is 0.306 e. The van der Waals surface area contributed by atoms with Gasteiger partial charge in [0.2, 0.25) is 10.0 Å². The van der Waals surface area contributed by atoms with Gasteiger partial charge in [-0.1, -0.05) is 19.9 Å². The molecule has 1 N–H and O–H groups in total. The number of aryl methyl sites for hydroxylation is 4. The molecule has 32 heavy (non-hydrogen) atoms. The number of anilines is 1. The fourth-order valence-electron chi connectivity index (χ4n) is 3.45. The lowest BCUT2D eigenvalue weighted by Gasteiger charge is -2.20. The topological polar surface area (TPSA) is 110 Å². The lowest BCUT2D eigenvalue weighted by molar-refractivity contribution is 0.102. The number of hydrogen-bond donors (Lipinski definition) is 1. The van der Waals surface area contributed by atoms with Gasteiger partial charge in [0, 0.05) is 36.1 Å². The quantitative estimate of drug-likeness (QED) is 0.585. The smallest absolute Gasteiger partial charge is 0.256 e. The van der Waals surface area contributed by atoms with Gasteiger partial charge in [-0.05, 0) is 51.5 Å². The summed E-state index contributed by atoms with van der Waals surface area (Å²) >= 11 is 0. The summed E-state index contributed by atoms with van der Waals surface area (Å²) in [7, 11) is -3.70. The molecule has 3 aromatic rings. The van der Waals surface area contributed by atoms with Gasteiger partial charge >= 0.3 is 0 Å². The van der Waals surface area contributed by atoms with Gasteiger partial charge < -0.3 is 5.32 Å². The first-order valence-corrected chi connectivity index (χ1v) is 11.8. The Labute approximate surface area is 188 Å². The Bertz CT molecular complexity index is 1240. The summed E-state index contributed by atoms with van der Waals surface area (Å²) < 4.78 is 28.9. The van der Waals surface area contributed by atoms with E-state index in [2.05, 4.69) is 20.4 Å². The normalized spacial score (nSPS) is 11.7. The molecule has 0 saturated heterocycles. The van der Waals surface area contributed by atoms with Crippen LogP contribution in [0.15, 0.2) is 35.2 Å². The Balaban J connectivity index is 1.97. The third-order valence-electron chi connectivity index (χ3n) is 5.01. The summed E-state index contributed by atoms with van der Waals surface area (Å²) in [5.41, 5.74) is 3.05. The van der Waals surface area contributed by atoms with Crippen LogP contribution < -0.4 is 5.32 Å². The molecule has 3 rings (SSSR count). The SMILES string of the molecule is CCN(CC)S(=O)(=O)c1cc(C(=O)Nc2cc(C)nn2-c2nc(C)cc(C)n2)ccc1C. The first-order chi connectivity index (χ1) is 15.1. The third kappa shape index (κ3) is 4.71. The molecule has 0 saturated carbocycles. The highest BCUT2D eigenvalue weighted by molar-refractivity contribution is 7.89. The highest BCUT2D eigenvalue weighted by Crippen LogP contribution is 2.23. The van der Waals surface area contributed by atoms with E-state index in [0.717, 1.165) is 11.4 Å². The zero-order chi connectivity index (χ0) is 23.6. The van der Waals surface area contributed by atoms with Gasteiger partial charge in [0.05, 0.1) is 10.6 Å². The van der Waals surface area contributed by atoms with E-state index >= 15 is 0 Å². The maximum atomic E-state index is 13.0. The molecule has 0 radical (unpaired) electrons. The van der Waals surface area contributed by atoms with Gasteiger partial charge in [-0.2, -0.15) is 14.1 Å². The van der Waals surface area contributed by atoms with Crippen molar-refractivity contribution in [3.63, 3.8) is 0 Å². The van der Waals surface area contributed by atoms with Gasteiger partial charge in [-0.3, -0.25) is 4.79 Å². The predicted molar refractivity (Wildman–Crippen MR) is 123 cm³/mol. The van der Waals surface area contributed by atoms with Crippen LogP contribution in [0.4, 0.5) is 5.82 Å². The maximum Gasteiger partial charge on any atom is 0.256 e. The summed E-state index contributed by atoms with van der Waals surface area (Å²) in [6.45, 7) is 11.5. The average Bonchev–Trinajstić information content (AvgIpc) is 3.08. The predicted octanol–water partition coefficient (Wildman–Crippen LogP) is 3.18. The molecule has 0 spiro atoms. The lowest BCUT2D eigenvalue weighted by atomic mass is 10.1. The number of benzene rings is 1. The van der Waals surface area contributed by atoms with Crippen LogP contribution in [0.5, 0.6) is 0 Å². The van der Waals surface area contributed by atoms with Crippen LogP contribution in [-0.2, 0) is 10.0 Å². The van der Waals surface area contributed by atoms with Crippen molar-refractivity contribution in [3.05, 3.63) is 58.5 Å². The number of rotatable bonds is 7. The molecule has 1 amide bonds. The van der Waals surface area contributed by atoms with Gasteiger partial charge in [0.1, 0.15) is 5.82 Å². The van der Waals surface area contributed by atoms with Crippen LogP contribution in [0, 0.1) is 27.7 Å². The number of amides is 1. The summed E-state index contributed by atoms with van der Waals surface area (Å²) in [4.78, 5) is 22.0. The molecule has 0 aliphatic rings. The standard InChI is InChI=1S/C22H28N6O3S/c1-7-27(8-2)32(30,31)19-13-18(10-9-14(19)3)21(29)25-20-12-17(6)26-28(20)22-23-15(4)11-16(5)24-22/h9-13H,7-8H2,1-6H3,(H,25,29). The van der Waals surface area contributed by atoms with E-state index in [9.17, 15) is 13.2 Å². The summed E-state index contributed by atoms with van der Waals surface area (Å²) in [6.07, 6.45) is 0. The second kappa shape index (κ2) is 9.17. The van der Waals surface area contributed by atoms with Gasteiger partial charge in [-0.15, -0.1) is 0 Å². The molecule has 0 unspecified atom stereocenters. The van der Waals surface area contributed by atoms with Gasteiger partial charge in [0.15, 0.2) is 0 Å². The molecule has 0 aliphatic heterocycles. The van der Waals surface area contributed by atoms with Crippen LogP contribution in [0.2, 0.25) is 0 Å². The fourth-order valence-corrected chi connectivity index (χ4v) is 5.16. The minimum absolute atomic E-state index is 0.121. The van der Waals surface area contributed by atoms with E-state index in [0.29, 0.717) is 36.1 Å². The van der Waals surface area contributed by atoms with Gasteiger partial charge in [0.25, 0.3) is 11.9 Å². The van der Waals surface area contributed by atoms with Crippen molar-refractivity contribution >= 4 is 21.7 Å². The van der Waals surface area contributed by atoms with E-state index in [-0.39, 0.29) is 10.5 Å². The molecule has 0 aliphatic carbocycles. The van der Waals surface area contributed by atoms with E-state index in [1.165, 1.54) is 15.1 Å². The van der Waals surface area contributed by atoms with Crippen LogP contribution >= 0.6 is 0 Å². The number of nitrogens with one attached hydrogen (secondary N) is 1. The summed E-state index contributed by atoms with van der Waals surface area (Å²) in [6, 6.07) is 8.22. The van der Waals surface area contributed by atoms with Crippen molar-refractivity contribution in [1.29, 1.82) is 0 Å². The molecule has 1 aromatic carbocycles. The maximum absolute atomic E-state index is 13.0. The minimum atomic E-state index is -3.70. The van der Waals surface area contributed by atoms with E-state index in [4.69, 9.17) is 0 Å². The van der Waals surface area contributed by atoms with E-state index < -0.39 is 15.9 Å². The summed E-state index contributed by atoms with van der Waals surface area (Å²) in [5, 5.41) is 7.21. The molecule has 170 valence electrons. The number of carbonyl (C=O) groups is 1. The van der Waals surface area contributed by atoms with Crippen molar-refractivity contribution in [1.82, 2.24) is 24.1 Å². The molecule has 0 atom stereocenters. The van der Waals surface area contributed by atoms with Crippen molar-refractivity contribution in [2.45, 2.75) is 46.4 Å². The highest BCUT2D eigenvalue weighted by Gasteiger charge is 2.25. The van der Waals surface area contributed by atoms with Crippen molar-refractivity contribution in [2.75, 3.05) is 18.4 Å². The molecule has 10 heteroatoms. The monoisotopic (exact) mass is 456 g/mol. The zero-order valence-corrected chi connectivity index (χ0v) is 20.0. The number of sulfonamides is 1. The van der Waals surface area contributed by atoms with Crippen LogP contribution in [0.1, 0.15) is 46.9 Å². The molecule has 0 fully saturated rings. The molecular formula is C22H28N6O3S. The third-order valence-corrected chi connectivity index (χ3v) is 7.20. The Hall–Kier alpha value is -3.11. The van der Waals surface area contributed by atoms with Crippen LogP contribution in [-0.4, -0.2) is 51.5 Å². The van der Waals surface area contributed by atoms with Crippen molar-refractivity contribution < 1.29 is 13.2 Å². The Kier molecular flexibility index (Phi) is 6.75. The number of aromatic nitrogens is 4. The Morgan fingerprint density at radius 2 is 1.59 bits per heavy atom. The Morgan fingerprint density at radius 1 is 0.969 bits per heavy atom. The zero-order valence-electron chi connectivity index (χ0n) is 19.2. The van der Waals surface area contributed by atoms with E-state index in [1.807, 2.05) is 19.9 Å². The van der Waals surface area contributed by atoms with Crippen molar-refractivity contribution in [3.8, 4) is 5.95 Å². The molecule has 9 nitrogen and oxygen atoms in total. The second-order valence-corrected chi connectivity index (χ2v) is 9.46. The first-order valence-electron chi connectivity index (χ1n) is 10.4. The molecule has 2 aromatic heterocycles. The van der Waals surface area contributed by atoms with E-state index in [1.54, 1.807) is 45.9 Å². The fraction of sp³-hybridized carbons (Fsp3) is 0.364. The lowest BCUT2D eigenvalue weighted by Crippen LogP contribution is -2.31. The average molecular weight is 457 g/mol. The van der Waals surface area contributed by atoms with Crippen LogP contribution in [0.25, 0.3) is 5.95 Å². The van der Waals surface area contributed by atoms with Crippen LogP contribution in [0.3, 0.4) is 0 Å². The number of hydrogen-bond acceptors (Lipinski definition) is 6. The molecule has 2 heterocycles. The number of nitrogens with zero attached hydrogens (tertiary/aromatic N) is 5. The second-order valence-electron chi connectivity index (χ2n) is 7.56. The molecular weight excluding hydrogens is 428 g/mol. The van der Waals surface area contributed by atoms with Gasteiger partial charge in [-0.25, -0.2) is 18.4 Å². The first kappa shape index (κ1) is 23.6. The Morgan fingerprint density at radius 3 is 2.19 bits per heavy atom. The van der Waals surface area contributed by atoms with Crippen molar-refractivity contribution in [2.24, 2.45) is 0 Å².